The van der Waals surface area contributed by atoms with Crippen molar-refractivity contribution in [1.82, 2.24) is 9.97 Å². The van der Waals surface area contributed by atoms with E-state index in [1.807, 2.05) is 24.3 Å². The number of allylic oxidation sites excluding steroid dienone is 1. The van der Waals surface area contributed by atoms with Gasteiger partial charge in [-0.2, -0.15) is 5.26 Å². The van der Waals surface area contributed by atoms with Crippen LogP contribution in [0.2, 0.25) is 5.02 Å². The van der Waals surface area contributed by atoms with E-state index in [9.17, 15) is 20.5 Å². The van der Waals surface area contributed by atoms with Crippen LogP contribution >= 0.6 is 11.6 Å². The van der Waals surface area contributed by atoms with Crippen LogP contribution in [0, 0.1) is 21.4 Å². The van der Waals surface area contributed by atoms with Gasteiger partial charge >= 0.3 is 5.69 Å². The Kier molecular flexibility index (Phi) is 3.90. The van der Waals surface area contributed by atoms with Crippen LogP contribution in [-0.4, -0.2) is 20.0 Å². The molecule has 0 unspecified atom stereocenters. The zero-order valence-electron chi connectivity index (χ0n) is 12.0. The molecule has 0 bridgehead atoms. The van der Waals surface area contributed by atoms with Crippen molar-refractivity contribution >= 4 is 40.0 Å². The highest BCUT2D eigenvalue weighted by Crippen LogP contribution is 2.33. The lowest BCUT2D eigenvalue weighted by Gasteiger charge is -2.02. The number of fused-ring (bicyclic) bond motifs is 1. The number of aromatic nitrogens is 2. The average molecular weight is 341 g/mol. The monoisotopic (exact) mass is 340 g/mol. The number of H-pyrrole nitrogens is 1. The summed E-state index contributed by atoms with van der Waals surface area (Å²) in [6, 6.07) is 11.4. The van der Waals surface area contributed by atoms with Gasteiger partial charge in [0.05, 0.1) is 26.6 Å². The number of hydrogen-bond acceptors (Lipinski definition) is 5. The lowest BCUT2D eigenvalue weighted by atomic mass is 10.1. The third-order valence-corrected chi connectivity index (χ3v) is 3.68. The molecule has 0 saturated heterocycles. The largest absolute Gasteiger partial charge is 0.502 e. The molecule has 1 heterocycles. The number of nitrogens with zero attached hydrogens (tertiary/aromatic N) is 3. The molecule has 2 aromatic carbocycles. The number of nitro groups is 1. The summed E-state index contributed by atoms with van der Waals surface area (Å²) >= 11 is 6.01. The Labute approximate surface area is 140 Å². The van der Waals surface area contributed by atoms with Crippen LogP contribution < -0.4 is 0 Å². The van der Waals surface area contributed by atoms with Crippen LogP contribution in [0.15, 0.2) is 36.4 Å². The molecule has 0 atom stereocenters. The molecule has 0 aliphatic rings. The van der Waals surface area contributed by atoms with E-state index < -0.39 is 16.4 Å². The van der Waals surface area contributed by atoms with Crippen molar-refractivity contribution in [2.24, 2.45) is 0 Å². The first kappa shape index (κ1) is 15.5. The minimum Gasteiger partial charge on any atom is -0.502 e. The number of rotatable bonds is 3. The fourth-order valence-corrected chi connectivity index (χ4v) is 2.43. The molecule has 2 N–H and O–H groups in total. The van der Waals surface area contributed by atoms with Gasteiger partial charge in [-0.05, 0) is 18.2 Å². The van der Waals surface area contributed by atoms with E-state index in [2.05, 4.69) is 9.97 Å². The topological polar surface area (TPSA) is 116 Å². The summed E-state index contributed by atoms with van der Waals surface area (Å²) in [4.78, 5) is 17.5. The van der Waals surface area contributed by atoms with Gasteiger partial charge < -0.3 is 10.1 Å². The Morgan fingerprint density at radius 1 is 1.42 bits per heavy atom. The molecular weight excluding hydrogens is 332 g/mol. The van der Waals surface area contributed by atoms with Gasteiger partial charge in [-0.3, -0.25) is 10.1 Å². The van der Waals surface area contributed by atoms with Gasteiger partial charge in [0, 0.05) is 17.7 Å². The zero-order chi connectivity index (χ0) is 17.3. The Balaban J connectivity index is 2.13. The van der Waals surface area contributed by atoms with Crippen molar-refractivity contribution < 1.29 is 10.0 Å². The van der Waals surface area contributed by atoms with Gasteiger partial charge in [0.15, 0.2) is 5.75 Å². The lowest BCUT2D eigenvalue weighted by Crippen LogP contribution is -1.91. The highest BCUT2D eigenvalue weighted by atomic mass is 35.5. The van der Waals surface area contributed by atoms with E-state index in [4.69, 9.17) is 11.6 Å². The number of nitrogens with one attached hydrogen (secondary N) is 1. The smallest absolute Gasteiger partial charge is 0.311 e. The molecule has 0 aliphatic carbocycles. The summed E-state index contributed by atoms with van der Waals surface area (Å²) in [7, 11) is 0. The van der Waals surface area contributed by atoms with Gasteiger partial charge in [-0.15, -0.1) is 0 Å². The number of nitriles is 1. The van der Waals surface area contributed by atoms with Crippen LogP contribution in [0.5, 0.6) is 5.75 Å². The molecule has 0 aliphatic heterocycles. The molecule has 0 saturated carbocycles. The second-order valence-electron chi connectivity index (χ2n) is 4.89. The molecule has 1 aromatic heterocycles. The zero-order valence-corrected chi connectivity index (χ0v) is 12.8. The summed E-state index contributed by atoms with van der Waals surface area (Å²) in [6.07, 6.45) is 1.38. The summed E-state index contributed by atoms with van der Waals surface area (Å²) in [5.41, 5.74) is 1.35. The number of phenols is 1. The first-order valence-electron chi connectivity index (χ1n) is 6.73. The van der Waals surface area contributed by atoms with E-state index >= 15 is 0 Å². The van der Waals surface area contributed by atoms with Crippen molar-refractivity contribution in [3.8, 4) is 11.8 Å². The molecule has 3 aromatic rings. The van der Waals surface area contributed by atoms with Gasteiger partial charge in [0.25, 0.3) is 0 Å². The van der Waals surface area contributed by atoms with Crippen LogP contribution in [0.3, 0.4) is 0 Å². The molecule has 8 heteroatoms. The second kappa shape index (κ2) is 6.02. The first-order valence-corrected chi connectivity index (χ1v) is 7.11. The standard InChI is InChI=1S/C16H9ClN4O3/c17-11-7-15(22)14(21(23)24)6-9(11)5-10(8-18)16-19-12-3-1-2-4-13(12)20-16/h1-7,22H,(H,19,20). The fourth-order valence-electron chi connectivity index (χ4n) is 2.21. The van der Waals surface area contributed by atoms with Crippen LogP contribution in [0.1, 0.15) is 11.4 Å². The Morgan fingerprint density at radius 2 is 2.17 bits per heavy atom. The maximum Gasteiger partial charge on any atom is 0.311 e. The molecule has 118 valence electrons. The number of hydrogen-bond donors (Lipinski definition) is 2. The SMILES string of the molecule is N#CC(=Cc1cc([N+](=O)[O-])c(O)cc1Cl)c1nc2ccccc2[nH]1. The molecule has 0 fully saturated rings. The molecular formula is C16H9ClN4O3. The van der Waals surface area contributed by atoms with Gasteiger partial charge in [0.1, 0.15) is 11.9 Å². The van der Waals surface area contributed by atoms with E-state index in [0.717, 1.165) is 17.6 Å². The number of imidazole rings is 1. The van der Waals surface area contributed by atoms with Crippen molar-refractivity contribution in [3.05, 3.63) is 62.9 Å². The molecule has 0 amide bonds. The highest BCUT2D eigenvalue weighted by molar-refractivity contribution is 6.32. The first-order chi connectivity index (χ1) is 11.5. The van der Waals surface area contributed by atoms with Crippen LogP contribution in [0.25, 0.3) is 22.7 Å². The second-order valence-corrected chi connectivity index (χ2v) is 5.30. The maximum absolute atomic E-state index is 10.9. The quantitative estimate of drug-likeness (QED) is 0.426. The number of phenolic OH excluding ortho intramolecular Hbond substituents is 1. The highest BCUT2D eigenvalue weighted by Gasteiger charge is 2.17. The summed E-state index contributed by atoms with van der Waals surface area (Å²) < 4.78 is 0. The molecule has 0 spiro atoms. The van der Waals surface area contributed by atoms with E-state index in [1.54, 1.807) is 6.07 Å². The number of benzene rings is 2. The molecule has 7 nitrogen and oxygen atoms in total. The Bertz CT molecular complexity index is 1000. The van der Waals surface area contributed by atoms with E-state index in [1.165, 1.54) is 6.08 Å². The summed E-state index contributed by atoms with van der Waals surface area (Å²) in [5, 5.41) is 30.0. The van der Waals surface area contributed by atoms with Crippen molar-refractivity contribution in [3.63, 3.8) is 0 Å². The van der Waals surface area contributed by atoms with Gasteiger partial charge in [0.2, 0.25) is 0 Å². The predicted molar refractivity (Wildman–Crippen MR) is 89.3 cm³/mol. The van der Waals surface area contributed by atoms with Gasteiger partial charge in [-0.25, -0.2) is 4.98 Å². The normalized spacial score (nSPS) is 11.4. The molecule has 3 rings (SSSR count). The molecule has 0 radical (unpaired) electrons. The third kappa shape index (κ3) is 2.78. The summed E-state index contributed by atoms with van der Waals surface area (Å²) in [5.74, 6) is -0.213. The van der Waals surface area contributed by atoms with E-state index in [0.29, 0.717) is 11.3 Å². The van der Waals surface area contributed by atoms with Crippen molar-refractivity contribution in [1.29, 1.82) is 5.26 Å². The van der Waals surface area contributed by atoms with Crippen molar-refractivity contribution in [2.45, 2.75) is 0 Å². The predicted octanol–water partition coefficient (Wildman–Crippen LogP) is 3.89. The number of para-hydroxylation sites is 2. The molecule has 24 heavy (non-hydrogen) atoms. The van der Waals surface area contributed by atoms with Crippen LogP contribution in [0.4, 0.5) is 5.69 Å². The third-order valence-electron chi connectivity index (χ3n) is 3.36. The average Bonchev–Trinajstić information content (AvgIpc) is 2.97. The number of halogens is 1. The van der Waals surface area contributed by atoms with E-state index in [-0.39, 0.29) is 16.2 Å². The fraction of sp³-hybridized carbons (Fsp3) is 0. The Hall–Kier alpha value is -3.37. The summed E-state index contributed by atoms with van der Waals surface area (Å²) in [6.45, 7) is 0. The van der Waals surface area contributed by atoms with Crippen LogP contribution in [-0.2, 0) is 0 Å². The van der Waals surface area contributed by atoms with Crippen molar-refractivity contribution in [2.75, 3.05) is 0 Å². The van der Waals surface area contributed by atoms with Gasteiger partial charge in [-0.1, -0.05) is 23.7 Å². The Morgan fingerprint density at radius 3 is 2.83 bits per heavy atom. The number of nitro benzene ring substituents is 1. The lowest BCUT2D eigenvalue weighted by molar-refractivity contribution is -0.385. The minimum absolute atomic E-state index is 0.0851. The number of aromatic hydroxyl groups is 1. The minimum atomic E-state index is -0.726. The number of aromatic amines is 1. The maximum atomic E-state index is 10.9.